The van der Waals surface area contributed by atoms with Crippen LogP contribution in [0.15, 0.2) is 48.5 Å². The average Bonchev–Trinajstić information content (AvgIpc) is 2.69. The van der Waals surface area contributed by atoms with Crippen molar-refractivity contribution in [2.24, 2.45) is 0 Å². The first-order valence-corrected chi connectivity index (χ1v) is 8.98. The molecule has 0 unspecified atom stereocenters. The van der Waals surface area contributed by atoms with E-state index in [0.717, 1.165) is 24.3 Å². The molecule has 2 rings (SSSR count). The molecule has 0 aliphatic heterocycles. The molecule has 0 aliphatic carbocycles. The molecule has 0 bridgehead atoms. The van der Waals surface area contributed by atoms with E-state index < -0.39 is 11.9 Å². The first-order chi connectivity index (χ1) is 13.0. The topological polar surface area (TPSA) is 76.7 Å². The van der Waals surface area contributed by atoms with Gasteiger partial charge in [-0.3, -0.25) is 10.1 Å². The van der Waals surface area contributed by atoms with Crippen LogP contribution in [0.4, 0.5) is 5.69 Å². The van der Waals surface area contributed by atoms with Crippen LogP contribution in [0.3, 0.4) is 0 Å². The number of rotatable bonds is 7. The van der Waals surface area contributed by atoms with Crippen molar-refractivity contribution >= 4 is 34.9 Å². The van der Waals surface area contributed by atoms with E-state index in [1.165, 1.54) is 13.2 Å². The Morgan fingerprint density at radius 1 is 1.07 bits per heavy atom. The smallest absolute Gasteiger partial charge is 0.337 e. The number of anilines is 1. The summed E-state index contributed by atoms with van der Waals surface area (Å²) in [7, 11) is 1.29. The Balaban J connectivity index is 1.91. The van der Waals surface area contributed by atoms with Gasteiger partial charge in [0.25, 0.3) is 5.91 Å². The monoisotopic (exact) mass is 386 g/mol. The summed E-state index contributed by atoms with van der Waals surface area (Å²) in [6, 6.07) is 13.5. The summed E-state index contributed by atoms with van der Waals surface area (Å²) in [5.41, 5.74) is 1.33. The van der Waals surface area contributed by atoms with Gasteiger partial charge in [0.05, 0.1) is 19.3 Å². The molecule has 0 spiro atoms. The molecule has 2 N–H and O–H groups in total. The zero-order valence-electron chi connectivity index (χ0n) is 15.3. The summed E-state index contributed by atoms with van der Waals surface area (Å²) in [6.07, 6.45) is 2.09. The van der Waals surface area contributed by atoms with Crippen LogP contribution in [0.2, 0.25) is 0 Å². The van der Waals surface area contributed by atoms with E-state index in [4.69, 9.17) is 17.0 Å². The third-order valence-corrected chi connectivity index (χ3v) is 3.86. The van der Waals surface area contributed by atoms with E-state index in [2.05, 4.69) is 22.3 Å². The van der Waals surface area contributed by atoms with Gasteiger partial charge < -0.3 is 14.8 Å². The fraction of sp³-hybridized carbons (Fsp3) is 0.250. The Bertz CT molecular complexity index is 806. The highest BCUT2D eigenvalue weighted by molar-refractivity contribution is 7.80. The van der Waals surface area contributed by atoms with Crippen LogP contribution in [0.1, 0.15) is 40.5 Å². The number of thiocarbonyl (C=S) groups is 1. The van der Waals surface area contributed by atoms with E-state index >= 15 is 0 Å². The van der Waals surface area contributed by atoms with Crippen LogP contribution in [0.5, 0.6) is 5.75 Å². The standard InChI is InChI=1S/C20H22N2O4S/c1-3-4-12-26-17-10-8-16(9-11-17)21-20(27)22-18(23)14-6-5-7-15(13-14)19(24)25-2/h5-11,13H,3-4,12H2,1-2H3,(H2,21,22,23,27). The number of benzene rings is 2. The maximum absolute atomic E-state index is 12.3. The third kappa shape index (κ3) is 6.38. The van der Waals surface area contributed by atoms with Crippen molar-refractivity contribution in [2.75, 3.05) is 19.0 Å². The predicted molar refractivity (Wildman–Crippen MR) is 108 cm³/mol. The van der Waals surface area contributed by atoms with Gasteiger partial charge in [-0.2, -0.15) is 0 Å². The van der Waals surface area contributed by atoms with E-state index in [0.29, 0.717) is 17.7 Å². The highest BCUT2D eigenvalue weighted by atomic mass is 32.1. The lowest BCUT2D eigenvalue weighted by molar-refractivity contribution is 0.0600. The number of amides is 1. The largest absolute Gasteiger partial charge is 0.494 e. The van der Waals surface area contributed by atoms with Gasteiger partial charge >= 0.3 is 5.97 Å². The van der Waals surface area contributed by atoms with Gasteiger partial charge in [0.15, 0.2) is 5.11 Å². The van der Waals surface area contributed by atoms with Gasteiger partial charge in [0.1, 0.15) is 5.75 Å². The Labute approximate surface area is 163 Å². The quantitative estimate of drug-likeness (QED) is 0.428. The molecule has 0 radical (unpaired) electrons. The molecule has 7 heteroatoms. The summed E-state index contributed by atoms with van der Waals surface area (Å²) < 4.78 is 10.3. The first kappa shape index (κ1) is 20.4. The number of nitrogens with one attached hydrogen (secondary N) is 2. The number of unbranched alkanes of at least 4 members (excludes halogenated alkanes) is 1. The second-order valence-electron chi connectivity index (χ2n) is 5.71. The normalized spacial score (nSPS) is 10.0. The van der Waals surface area contributed by atoms with Crippen molar-refractivity contribution < 1.29 is 19.1 Å². The molecule has 0 fully saturated rings. The number of methoxy groups -OCH3 is 1. The van der Waals surface area contributed by atoms with Crippen LogP contribution >= 0.6 is 12.2 Å². The van der Waals surface area contributed by atoms with E-state index in [-0.39, 0.29) is 5.11 Å². The number of hydrogen-bond donors (Lipinski definition) is 2. The number of ether oxygens (including phenoxy) is 2. The van der Waals surface area contributed by atoms with E-state index in [1.54, 1.807) is 18.2 Å². The second kappa shape index (κ2) is 10.3. The van der Waals surface area contributed by atoms with E-state index in [9.17, 15) is 9.59 Å². The van der Waals surface area contributed by atoms with Gasteiger partial charge in [-0.1, -0.05) is 19.4 Å². The lowest BCUT2D eigenvalue weighted by atomic mass is 10.1. The highest BCUT2D eigenvalue weighted by Gasteiger charge is 2.12. The maximum atomic E-state index is 12.3. The van der Waals surface area contributed by atoms with Gasteiger partial charge in [0, 0.05) is 11.3 Å². The molecule has 6 nitrogen and oxygen atoms in total. The molecule has 142 valence electrons. The zero-order chi connectivity index (χ0) is 19.6. The third-order valence-electron chi connectivity index (χ3n) is 3.65. The summed E-state index contributed by atoms with van der Waals surface area (Å²) in [4.78, 5) is 23.9. The van der Waals surface area contributed by atoms with Crippen molar-refractivity contribution in [2.45, 2.75) is 19.8 Å². The zero-order valence-corrected chi connectivity index (χ0v) is 16.1. The molecule has 2 aromatic rings. The van der Waals surface area contributed by atoms with Crippen molar-refractivity contribution in [3.05, 3.63) is 59.7 Å². The lowest BCUT2D eigenvalue weighted by Gasteiger charge is -2.11. The van der Waals surface area contributed by atoms with Crippen molar-refractivity contribution in [1.82, 2.24) is 5.32 Å². The molecular weight excluding hydrogens is 364 g/mol. The highest BCUT2D eigenvalue weighted by Crippen LogP contribution is 2.16. The minimum absolute atomic E-state index is 0.156. The summed E-state index contributed by atoms with van der Waals surface area (Å²) in [5.74, 6) is -0.145. The molecular formula is C20H22N2O4S. The Hall–Kier alpha value is -2.93. The van der Waals surface area contributed by atoms with Crippen LogP contribution < -0.4 is 15.4 Å². The summed E-state index contributed by atoms with van der Waals surface area (Å²) >= 11 is 5.17. The predicted octanol–water partition coefficient (Wildman–Crippen LogP) is 3.78. The van der Waals surface area contributed by atoms with Crippen LogP contribution in [-0.2, 0) is 4.74 Å². The molecule has 27 heavy (non-hydrogen) atoms. The SMILES string of the molecule is CCCCOc1ccc(NC(=S)NC(=O)c2cccc(C(=O)OC)c2)cc1. The lowest BCUT2D eigenvalue weighted by Crippen LogP contribution is -2.34. The Kier molecular flexibility index (Phi) is 7.76. The van der Waals surface area contributed by atoms with E-state index in [1.807, 2.05) is 24.3 Å². The van der Waals surface area contributed by atoms with Crippen molar-refractivity contribution in [1.29, 1.82) is 0 Å². The molecule has 1 amide bonds. The fourth-order valence-electron chi connectivity index (χ4n) is 2.21. The number of esters is 1. The van der Waals surface area contributed by atoms with Crippen LogP contribution in [-0.4, -0.2) is 30.7 Å². The molecule has 2 aromatic carbocycles. The molecule has 0 atom stereocenters. The molecule has 0 aliphatic rings. The number of hydrogen-bond acceptors (Lipinski definition) is 5. The minimum Gasteiger partial charge on any atom is -0.494 e. The van der Waals surface area contributed by atoms with Crippen LogP contribution in [0, 0.1) is 0 Å². The van der Waals surface area contributed by atoms with Crippen molar-refractivity contribution in [3.8, 4) is 5.75 Å². The molecule has 0 saturated heterocycles. The minimum atomic E-state index is -0.508. The number of carbonyl (C=O) groups is 2. The van der Waals surface area contributed by atoms with Gasteiger partial charge in [-0.15, -0.1) is 0 Å². The number of carbonyl (C=O) groups excluding carboxylic acids is 2. The Morgan fingerprint density at radius 2 is 1.78 bits per heavy atom. The van der Waals surface area contributed by atoms with Gasteiger partial charge in [-0.25, -0.2) is 4.79 Å². The Morgan fingerprint density at radius 3 is 2.44 bits per heavy atom. The summed E-state index contributed by atoms with van der Waals surface area (Å²) in [6.45, 7) is 2.79. The second-order valence-corrected chi connectivity index (χ2v) is 6.12. The fourth-order valence-corrected chi connectivity index (χ4v) is 2.42. The summed E-state index contributed by atoms with van der Waals surface area (Å²) in [5, 5.41) is 5.68. The average molecular weight is 386 g/mol. The molecule has 0 heterocycles. The maximum Gasteiger partial charge on any atom is 0.337 e. The van der Waals surface area contributed by atoms with Gasteiger partial charge in [0.2, 0.25) is 0 Å². The molecule has 0 saturated carbocycles. The van der Waals surface area contributed by atoms with Crippen LogP contribution in [0.25, 0.3) is 0 Å². The van der Waals surface area contributed by atoms with Crippen molar-refractivity contribution in [3.63, 3.8) is 0 Å². The first-order valence-electron chi connectivity index (χ1n) is 8.57. The van der Waals surface area contributed by atoms with Gasteiger partial charge in [-0.05, 0) is 61.1 Å². The molecule has 0 aromatic heterocycles.